The van der Waals surface area contributed by atoms with Gasteiger partial charge in [-0.2, -0.15) is 0 Å². The second-order valence-corrected chi connectivity index (χ2v) is 13.2. The largest absolute Gasteiger partial charge is 0.394 e. The normalized spacial score (nSPS) is 18.0. The average molecular weight is 589 g/mol. The van der Waals surface area contributed by atoms with E-state index in [1.807, 2.05) is 0 Å². The Balaban J connectivity index is 2.65. The summed E-state index contributed by atoms with van der Waals surface area (Å²) in [5.74, 6) is -3.65. The predicted molar refractivity (Wildman–Crippen MR) is 147 cm³/mol. The zero-order valence-electron chi connectivity index (χ0n) is 24.8. The highest BCUT2D eigenvalue weighted by Crippen LogP contribution is 2.37. The second kappa shape index (κ2) is 12.7. The number of benzene rings is 2. The highest BCUT2D eigenvalue weighted by molar-refractivity contribution is 5.34. The number of aliphatic hydroxyl groups excluding tert-OH is 4. The highest BCUT2D eigenvalue weighted by Gasteiger charge is 2.54. The van der Waals surface area contributed by atoms with E-state index in [9.17, 15) is 48.2 Å². The second-order valence-electron chi connectivity index (χ2n) is 13.2. The van der Waals surface area contributed by atoms with Crippen LogP contribution in [0.4, 0.5) is 17.6 Å². The van der Waals surface area contributed by atoms with Crippen LogP contribution in [0.15, 0.2) is 24.3 Å². The monoisotopic (exact) mass is 588 g/mol. The summed E-state index contributed by atoms with van der Waals surface area (Å²) in [6.45, 7) is 10.2. The maximum Gasteiger partial charge on any atom is 0.130 e. The van der Waals surface area contributed by atoms with Crippen molar-refractivity contribution in [1.29, 1.82) is 0 Å². The number of hydrogen-bond acceptors (Lipinski definition) is 6. The van der Waals surface area contributed by atoms with Crippen LogP contribution in [0.3, 0.4) is 0 Å². The zero-order valence-corrected chi connectivity index (χ0v) is 24.8. The van der Waals surface area contributed by atoms with Gasteiger partial charge in [-0.1, -0.05) is 54.9 Å². The molecule has 0 saturated heterocycles. The molecule has 0 aromatic heterocycles. The Labute approximate surface area is 239 Å². The predicted octanol–water partition coefficient (Wildman–Crippen LogP) is 3.96. The Hall–Kier alpha value is -2.08. The third kappa shape index (κ3) is 7.66. The van der Waals surface area contributed by atoms with Gasteiger partial charge in [0.15, 0.2) is 0 Å². The van der Waals surface area contributed by atoms with E-state index in [0.29, 0.717) is 0 Å². The van der Waals surface area contributed by atoms with Crippen LogP contribution < -0.4 is 0 Å². The van der Waals surface area contributed by atoms with Gasteiger partial charge in [0.25, 0.3) is 0 Å². The molecule has 0 aliphatic rings. The molecular weight excluding hydrogens is 544 g/mol. The van der Waals surface area contributed by atoms with Gasteiger partial charge in [-0.3, -0.25) is 0 Å². The molecule has 2 aromatic carbocycles. The molecule has 0 aliphatic heterocycles. The lowest BCUT2D eigenvalue weighted by molar-refractivity contribution is -0.230. The topological polar surface area (TPSA) is 121 Å². The van der Waals surface area contributed by atoms with Gasteiger partial charge in [-0.15, -0.1) is 0 Å². The molecule has 232 valence electrons. The fraction of sp³-hybridized carbons (Fsp3) is 0.613. The van der Waals surface area contributed by atoms with E-state index in [4.69, 9.17) is 0 Å². The number of aliphatic hydroxyl groups is 6. The molecule has 2 aromatic rings. The first-order valence-electron chi connectivity index (χ1n) is 13.7. The lowest BCUT2D eigenvalue weighted by atomic mass is 9.71. The van der Waals surface area contributed by atoms with E-state index < -0.39 is 83.1 Å². The molecule has 0 fully saturated rings. The van der Waals surface area contributed by atoms with Crippen molar-refractivity contribution in [2.45, 2.75) is 114 Å². The van der Waals surface area contributed by atoms with Gasteiger partial charge in [0.05, 0.1) is 12.2 Å². The van der Waals surface area contributed by atoms with E-state index in [0.717, 1.165) is 24.3 Å². The Morgan fingerprint density at radius 1 is 0.683 bits per heavy atom. The Kier molecular flexibility index (Phi) is 10.8. The lowest BCUT2D eigenvalue weighted by Gasteiger charge is -2.46. The maximum atomic E-state index is 15.0. The molecule has 0 heterocycles. The molecule has 6 nitrogen and oxygen atoms in total. The molecule has 5 atom stereocenters. The van der Waals surface area contributed by atoms with Crippen molar-refractivity contribution in [2.24, 2.45) is 0 Å². The number of halogens is 4. The molecule has 0 aliphatic carbocycles. The van der Waals surface area contributed by atoms with Gasteiger partial charge in [0.2, 0.25) is 0 Å². The smallest absolute Gasteiger partial charge is 0.130 e. The van der Waals surface area contributed by atoms with Crippen molar-refractivity contribution in [3.05, 3.63) is 69.8 Å². The Bertz CT molecular complexity index is 1160. The van der Waals surface area contributed by atoms with Crippen molar-refractivity contribution in [2.75, 3.05) is 6.61 Å². The van der Waals surface area contributed by atoms with E-state index in [-0.39, 0.29) is 35.1 Å². The van der Waals surface area contributed by atoms with Gasteiger partial charge >= 0.3 is 0 Å². The summed E-state index contributed by atoms with van der Waals surface area (Å²) in [4.78, 5) is 0. The van der Waals surface area contributed by atoms with Gasteiger partial charge in [-0.25, -0.2) is 17.6 Å². The summed E-state index contributed by atoms with van der Waals surface area (Å²) < 4.78 is 59.9. The van der Waals surface area contributed by atoms with Crippen LogP contribution in [0.5, 0.6) is 0 Å². The van der Waals surface area contributed by atoms with Crippen molar-refractivity contribution >= 4 is 0 Å². The molecule has 2 rings (SSSR count). The number of rotatable bonds is 11. The standard InChI is InChI=1S/C31H44F4O6/c1-8-9-30(40,14-17-10-19(32)24(20(33)11-17)28(2,3)4)27(39)31(41,26(38)23(37)16-36)15-18-12-21(34)25(22(35)13-18)29(5,6)7/h10-13,23,26-27,36-41H,8-9,14-16H2,1-7H3/t23-,26+,27+,30?,31+/m0/s1. The van der Waals surface area contributed by atoms with Crippen LogP contribution in [0.2, 0.25) is 0 Å². The van der Waals surface area contributed by atoms with Gasteiger partial charge in [0.1, 0.15) is 47.2 Å². The SMILES string of the molecule is CCCC(O)(Cc1cc(F)c(C(C)(C)C)c(F)c1)[C@@H](O)[C@@](O)(Cc1cc(F)c(C(C)(C)C)c(F)c1)[C@H](O)[C@@H](O)CO. The average Bonchev–Trinajstić information content (AvgIpc) is 2.79. The molecule has 0 bridgehead atoms. The highest BCUT2D eigenvalue weighted by atomic mass is 19.1. The van der Waals surface area contributed by atoms with Crippen LogP contribution in [-0.2, 0) is 23.7 Å². The third-order valence-corrected chi connectivity index (χ3v) is 7.43. The van der Waals surface area contributed by atoms with E-state index >= 15 is 0 Å². The van der Waals surface area contributed by atoms with Crippen LogP contribution in [0, 0.1) is 23.3 Å². The zero-order chi connectivity index (χ0) is 31.7. The third-order valence-electron chi connectivity index (χ3n) is 7.43. The molecule has 0 saturated carbocycles. The molecular formula is C31H44F4O6. The van der Waals surface area contributed by atoms with Crippen LogP contribution >= 0.6 is 0 Å². The lowest BCUT2D eigenvalue weighted by Crippen LogP contribution is -2.66. The molecule has 41 heavy (non-hydrogen) atoms. The summed E-state index contributed by atoms with van der Waals surface area (Å²) in [5, 5.41) is 65.4. The molecule has 0 amide bonds. The van der Waals surface area contributed by atoms with Gasteiger partial charge in [-0.05, 0) is 52.6 Å². The molecule has 10 heteroatoms. The summed E-state index contributed by atoms with van der Waals surface area (Å²) in [6.07, 6.45) is -8.14. The van der Waals surface area contributed by atoms with Gasteiger partial charge < -0.3 is 30.6 Å². The maximum absolute atomic E-state index is 15.0. The summed E-state index contributed by atoms with van der Waals surface area (Å²) in [6, 6.07) is 3.83. The van der Waals surface area contributed by atoms with E-state index in [2.05, 4.69) is 0 Å². The first-order chi connectivity index (χ1) is 18.6. The summed E-state index contributed by atoms with van der Waals surface area (Å²) in [7, 11) is 0. The fourth-order valence-electron chi connectivity index (χ4n) is 5.58. The van der Waals surface area contributed by atoms with Crippen molar-refractivity contribution in [3.8, 4) is 0 Å². The van der Waals surface area contributed by atoms with E-state index in [1.165, 1.54) is 0 Å². The Morgan fingerprint density at radius 3 is 1.37 bits per heavy atom. The van der Waals surface area contributed by atoms with E-state index in [1.54, 1.807) is 48.5 Å². The minimum absolute atomic E-state index is 0.0610. The van der Waals surface area contributed by atoms with Gasteiger partial charge in [0, 0.05) is 24.0 Å². The molecule has 1 unspecified atom stereocenters. The summed E-state index contributed by atoms with van der Waals surface area (Å²) in [5.41, 5.74) is -7.69. The summed E-state index contributed by atoms with van der Waals surface area (Å²) >= 11 is 0. The van der Waals surface area contributed by atoms with Crippen LogP contribution in [0.1, 0.15) is 83.6 Å². The van der Waals surface area contributed by atoms with Crippen molar-refractivity contribution in [1.82, 2.24) is 0 Å². The molecule has 0 spiro atoms. The van der Waals surface area contributed by atoms with Crippen LogP contribution in [0.25, 0.3) is 0 Å². The van der Waals surface area contributed by atoms with Crippen molar-refractivity contribution < 1.29 is 48.2 Å². The van der Waals surface area contributed by atoms with Crippen molar-refractivity contribution in [3.63, 3.8) is 0 Å². The Morgan fingerprint density at radius 2 is 1.05 bits per heavy atom. The minimum Gasteiger partial charge on any atom is -0.394 e. The minimum atomic E-state index is -2.88. The molecule has 0 radical (unpaired) electrons. The number of hydrogen-bond donors (Lipinski definition) is 6. The first kappa shape index (κ1) is 35.1. The fourth-order valence-corrected chi connectivity index (χ4v) is 5.58. The molecule has 6 N–H and O–H groups in total. The first-order valence-corrected chi connectivity index (χ1v) is 13.7. The quantitative estimate of drug-likeness (QED) is 0.221. The van der Waals surface area contributed by atoms with Crippen LogP contribution in [-0.4, -0.2) is 66.8 Å².